The first-order chi connectivity index (χ1) is 18.3. The first-order valence-electron chi connectivity index (χ1n) is 12.2. The summed E-state index contributed by atoms with van der Waals surface area (Å²) in [6.07, 6.45) is -4.15. The Bertz CT molecular complexity index is 1420. The van der Waals surface area contributed by atoms with Gasteiger partial charge in [-0.15, -0.1) is 0 Å². The summed E-state index contributed by atoms with van der Waals surface area (Å²) in [5.74, 6) is -1.08. The lowest BCUT2D eigenvalue weighted by Gasteiger charge is -2.26. The molecule has 1 saturated heterocycles. The molecular formula is C29H27Cl2F3N2O3. The number of hydrogen-bond donors (Lipinski definition) is 0. The number of likely N-dealkylation sites (N-methyl/N-ethyl adjacent to an activating group) is 1. The molecule has 206 valence electrons. The fourth-order valence-corrected chi connectivity index (χ4v) is 5.35. The number of likely N-dealkylation sites (tertiary alicyclic amines) is 1. The predicted molar refractivity (Wildman–Crippen MR) is 146 cm³/mol. The monoisotopic (exact) mass is 578 g/mol. The van der Waals surface area contributed by atoms with Crippen LogP contribution in [0.15, 0.2) is 48.5 Å². The van der Waals surface area contributed by atoms with Crippen LogP contribution in [-0.2, 0) is 6.18 Å². The van der Waals surface area contributed by atoms with Crippen LogP contribution in [-0.4, -0.2) is 54.9 Å². The fraction of sp³-hybridized carbons (Fsp3) is 0.310. The summed E-state index contributed by atoms with van der Waals surface area (Å²) in [4.78, 5) is 29.5. The van der Waals surface area contributed by atoms with Gasteiger partial charge in [-0.1, -0.05) is 29.3 Å². The largest absolute Gasteiger partial charge is 0.496 e. The van der Waals surface area contributed by atoms with E-state index in [0.717, 1.165) is 41.5 Å². The van der Waals surface area contributed by atoms with E-state index in [1.807, 2.05) is 32.0 Å². The number of hydrogen-bond acceptors (Lipinski definition) is 3. The minimum atomic E-state index is -4.66. The molecule has 0 bridgehead atoms. The number of benzene rings is 3. The second kappa shape index (κ2) is 11.1. The molecule has 10 heteroatoms. The third kappa shape index (κ3) is 5.87. The highest BCUT2D eigenvalue weighted by Crippen LogP contribution is 2.37. The Morgan fingerprint density at radius 1 is 0.974 bits per heavy atom. The van der Waals surface area contributed by atoms with Crippen LogP contribution in [0.1, 0.15) is 43.8 Å². The molecule has 0 radical (unpaired) electrons. The van der Waals surface area contributed by atoms with E-state index in [9.17, 15) is 22.8 Å². The summed E-state index contributed by atoms with van der Waals surface area (Å²) >= 11 is 12.3. The van der Waals surface area contributed by atoms with Crippen molar-refractivity contribution in [3.05, 3.63) is 86.4 Å². The van der Waals surface area contributed by atoms with Crippen LogP contribution in [0.5, 0.6) is 5.75 Å². The molecule has 1 heterocycles. The SMILES string of the molecule is COc1ccc(C(=O)N(C)C2CCN(C(=O)c3cc(C)c(-c4ccc(Cl)c(Cl)c4)c(C)c3)C2)cc1C(F)(F)F. The summed E-state index contributed by atoms with van der Waals surface area (Å²) in [5, 5.41) is 0.904. The number of carbonyl (C=O) groups excluding carboxylic acids is 2. The molecule has 0 aromatic heterocycles. The van der Waals surface area contributed by atoms with E-state index in [-0.39, 0.29) is 29.8 Å². The zero-order valence-electron chi connectivity index (χ0n) is 21.8. The molecule has 3 aromatic carbocycles. The molecule has 4 rings (SSSR count). The van der Waals surface area contributed by atoms with Crippen LogP contribution >= 0.6 is 23.2 Å². The van der Waals surface area contributed by atoms with Crippen LogP contribution in [0.2, 0.25) is 10.0 Å². The van der Waals surface area contributed by atoms with Crippen molar-refractivity contribution in [2.45, 2.75) is 32.5 Å². The van der Waals surface area contributed by atoms with Gasteiger partial charge < -0.3 is 14.5 Å². The predicted octanol–water partition coefficient (Wildman–Crippen LogP) is 7.29. The minimum absolute atomic E-state index is 0.0976. The highest BCUT2D eigenvalue weighted by molar-refractivity contribution is 6.42. The lowest BCUT2D eigenvalue weighted by molar-refractivity contribution is -0.138. The maximum atomic E-state index is 13.4. The Kier molecular flexibility index (Phi) is 8.19. The summed E-state index contributed by atoms with van der Waals surface area (Å²) in [6, 6.07) is 12.0. The van der Waals surface area contributed by atoms with Gasteiger partial charge in [-0.25, -0.2) is 0 Å². The topological polar surface area (TPSA) is 49.9 Å². The Morgan fingerprint density at radius 3 is 2.23 bits per heavy atom. The average molecular weight is 579 g/mol. The van der Waals surface area contributed by atoms with E-state index in [4.69, 9.17) is 27.9 Å². The number of carbonyl (C=O) groups is 2. The molecule has 0 saturated carbocycles. The highest BCUT2D eigenvalue weighted by atomic mass is 35.5. The molecule has 5 nitrogen and oxygen atoms in total. The smallest absolute Gasteiger partial charge is 0.419 e. The fourth-order valence-electron chi connectivity index (χ4n) is 5.05. The summed E-state index contributed by atoms with van der Waals surface area (Å²) < 4.78 is 45.1. The van der Waals surface area contributed by atoms with Crippen LogP contribution < -0.4 is 4.74 Å². The van der Waals surface area contributed by atoms with Gasteiger partial charge >= 0.3 is 6.18 Å². The average Bonchev–Trinajstić information content (AvgIpc) is 3.38. The first-order valence-corrected chi connectivity index (χ1v) is 13.0. The van der Waals surface area contributed by atoms with Crippen molar-refractivity contribution < 1.29 is 27.5 Å². The van der Waals surface area contributed by atoms with Crippen molar-refractivity contribution in [2.75, 3.05) is 27.2 Å². The number of ether oxygens (including phenoxy) is 1. The van der Waals surface area contributed by atoms with Gasteiger partial charge in [0.05, 0.1) is 28.8 Å². The Balaban J connectivity index is 1.50. The molecule has 1 fully saturated rings. The van der Waals surface area contributed by atoms with Crippen LogP contribution in [0.4, 0.5) is 13.2 Å². The van der Waals surface area contributed by atoms with Gasteiger partial charge in [0.25, 0.3) is 11.8 Å². The number of rotatable bonds is 5. The third-order valence-corrected chi connectivity index (χ3v) is 7.80. The van der Waals surface area contributed by atoms with Crippen molar-refractivity contribution in [2.24, 2.45) is 0 Å². The number of methoxy groups -OCH3 is 1. The van der Waals surface area contributed by atoms with Gasteiger partial charge in [0.1, 0.15) is 5.75 Å². The molecular weight excluding hydrogens is 552 g/mol. The summed E-state index contributed by atoms with van der Waals surface area (Å²) in [6.45, 7) is 4.54. The van der Waals surface area contributed by atoms with Gasteiger partial charge in [-0.3, -0.25) is 9.59 Å². The zero-order valence-corrected chi connectivity index (χ0v) is 23.3. The number of alkyl halides is 3. The molecule has 0 N–H and O–H groups in total. The van der Waals surface area contributed by atoms with E-state index in [1.165, 1.54) is 11.0 Å². The van der Waals surface area contributed by atoms with Crippen LogP contribution in [0.3, 0.4) is 0 Å². The maximum absolute atomic E-state index is 13.4. The van der Waals surface area contributed by atoms with Crippen molar-refractivity contribution in [1.29, 1.82) is 0 Å². The van der Waals surface area contributed by atoms with Gasteiger partial charge in [-0.2, -0.15) is 13.2 Å². The van der Waals surface area contributed by atoms with Crippen molar-refractivity contribution in [1.82, 2.24) is 9.80 Å². The van der Waals surface area contributed by atoms with Crippen molar-refractivity contribution >= 4 is 35.0 Å². The molecule has 39 heavy (non-hydrogen) atoms. The Hall–Kier alpha value is -3.23. The summed E-state index contributed by atoms with van der Waals surface area (Å²) in [5.41, 5.74) is 3.08. The molecule has 0 spiro atoms. The van der Waals surface area contributed by atoms with E-state index in [1.54, 1.807) is 24.1 Å². The first kappa shape index (κ1) is 28.8. The zero-order chi connectivity index (χ0) is 28.6. The third-order valence-electron chi connectivity index (χ3n) is 7.06. The lowest BCUT2D eigenvalue weighted by Crippen LogP contribution is -2.40. The molecule has 2 amide bonds. The normalized spacial score (nSPS) is 15.4. The quantitative estimate of drug-likeness (QED) is 0.319. The Morgan fingerprint density at radius 2 is 1.64 bits per heavy atom. The van der Waals surface area contributed by atoms with E-state index in [2.05, 4.69) is 0 Å². The number of halogens is 5. The van der Waals surface area contributed by atoms with Crippen molar-refractivity contribution in [3.63, 3.8) is 0 Å². The number of amides is 2. The van der Waals surface area contributed by atoms with Gasteiger partial charge in [0, 0.05) is 31.3 Å². The second-order valence-electron chi connectivity index (χ2n) is 9.64. The number of aryl methyl sites for hydroxylation is 2. The van der Waals surface area contributed by atoms with Crippen LogP contribution in [0, 0.1) is 13.8 Å². The Labute approximate surface area is 235 Å². The second-order valence-corrected chi connectivity index (χ2v) is 10.5. The van der Waals surface area contributed by atoms with Gasteiger partial charge in [-0.05, 0) is 85.0 Å². The molecule has 1 atom stereocenters. The van der Waals surface area contributed by atoms with E-state index < -0.39 is 17.6 Å². The molecule has 3 aromatic rings. The molecule has 0 aliphatic carbocycles. The van der Waals surface area contributed by atoms with Crippen molar-refractivity contribution in [3.8, 4) is 16.9 Å². The van der Waals surface area contributed by atoms with E-state index in [0.29, 0.717) is 28.6 Å². The van der Waals surface area contributed by atoms with E-state index >= 15 is 0 Å². The standard InChI is InChI=1S/C29H27Cl2F3N2O3/c1-16-11-20(12-17(2)26(16)18-5-7-23(30)24(31)14-18)28(38)36-10-9-21(15-36)35(3)27(37)19-6-8-25(39-4)22(13-19)29(32,33)34/h5-8,11-14,21H,9-10,15H2,1-4H3. The molecule has 1 aliphatic rings. The highest BCUT2D eigenvalue weighted by Gasteiger charge is 2.36. The number of nitrogens with zero attached hydrogens (tertiary/aromatic N) is 2. The molecule has 1 unspecified atom stereocenters. The molecule has 1 aliphatic heterocycles. The van der Waals surface area contributed by atoms with Gasteiger partial charge in [0.2, 0.25) is 0 Å². The van der Waals surface area contributed by atoms with Crippen LogP contribution in [0.25, 0.3) is 11.1 Å². The maximum Gasteiger partial charge on any atom is 0.419 e. The summed E-state index contributed by atoms with van der Waals surface area (Å²) in [7, 11) is 2.69. The minimum Gasteiger partial charge on any atom is -0.496 e. The lowest BCUT2D eigenvalue weighted by atomic mass is 9.93. The van der Waals surface area contributed by atoms with Gasteiger partial charge in [0.15, 0.2) is 0 Å².